The molecule has 0 spiro atoms. The highest BCUT2D eigenvalue weighted by Crippen LogP contribution is 2.24. The number of imidazole rings is 1. The molecule has 1 atom stereocenters. The highest BCUT2D eigenvalue weighted by Gasteiger charge is 2.25. The maximum atomic E-state index is 12.6. The highest BCUT2D eigenvalue weighted by molar-refractivity contribution is 8.00. The molecule has 0 bridgehead atoms. The number of nitrogens with one attached hydrogen (secondary N) is 1. The van der Waals surface area contributed by atoms with E-state index < -0.39 is 0 Å². The van der Waals surface area contributed by atoms with Crippen LogP contribution in [-0.4, -0.2) is 63.6 Å². The van der Waals surface area contributed by atoms with Crippen molar-refractivity contribution >= 4 is 28.7 Å². The van der Waals surface area contributed by atoms with E-state index in [1.165, 1.54) is 11.8 Å². The summed E-state index contributed by atoms with van der Waals surface area (Å²) in [7, 11) is 0. The number of hydrogen-bond donors (Lipinski definition) is 1. The molecule has 0 aliphatic carbocycles. The van der Waals surface area contributed by atoms with Gasteiger partial charge in [-0.25, -0.2) is 4.98 Å². The molecule has 6 heteroatoms. The fraction of sp³-hybridized carbons (Fsp3) is 0.500. The lowest BCUT2D eigenvalue weighted by Gasteiger charge is -2.35. The number of nitrogens with zero attached hydrogens (tertiary/aromatic N) is 3. The van der Waals surface area contributed by atoms with Gasteiger partial charge in [-0.05, 0) is 25.6 Å². The van der Waals surface area contributed by atoms with Gasteiger partial charge in [0, 0.05) is 26.2 Å². The normalized spacial score (nSPS) is 17.8. The van der Waals surface area contributed by atoms with Gasteiger partial charge in [-0.2, -0.15) is 0 Å². The minimum Gasteiger partial charge on any atom is -0.339 e. The van der Waals surface area contributed by atoms with Gasteiger partial charge in [0.2, 0.25) is 5.91 Å². The summed E-state index contributed by atoms with van der Waals surface area (Å²) < 4.78 is 0. The van der Waals surface area contributed by atoms with Gasteiger partial charge in [0.05, 0.1) is 16.3 Å². The molecule has 0 unspecified atom stereocenters. The number of fused-ring (bicyclic) bond motifs is 1. The van der Waals surface area contributed by atoms with Crippen LogP contribution in [0.3, 0.4) is 0 Å². The van der Waals surface area contributed by atoms with E-state index in [-0.39, 0.29) is 11.2 Å². The second kappa shape index (κ2) is 6.71. The molecule has 3 rings (SSSR count). The number of carbonyl (C=O) groups is 1. The Morgan fingerprint density at radius 2 is 2.05 bits per heavy atom. The van der Waals surface area contributed by atoms with Crippen molar-refractivity contribution in [3.05, 3.63) is 24.3 Å². The molecule has 118 valence electrons. The van der Waals surface area contributed by atoms with Gasteiger partial charge in [-0.15, -0.1) is 0 Å². The molecule has 22 heavy (non-hydrogen) atoms. The number of H-pyrrole nitrogens is 1. The summed E-state index contributed by atoms with van der Waals surface area (Å²) in [6.07, 6.45) is 0. The number of rotatable bonds is 4. The fourth-order valence-electron chi connectivity index (χ4n) is 2.74. The van der Waals surface area contributed by atoms with E-state index in [1.54, 1.807) is 0 Å². The Morgan fingerprint density at radius 3 is 2.73 bits per heavy atom. The average molecular weight is 318 g/mol. The van der Waals surface area contributed by atoms with E-state index in [4.69, 9.17) is 0 Å². The Kier molecular flexibility index (Phi) is 4.69. The smallest absolute Gasteiger partial charge is 0.235 e. The molecule has 1 aliphatic rings. The van der Waals surface area contributed by atoms with Crippen LogP contribution in [0.15, 0.2) is 29.4 Å². The van der Waals surface area contributed by atoms with E-state index in [0.717, 1.165) is 48.9 Å². The number of benzene rings is 1. The van der Waals surface area contributed by atoms with Crippen LogP contribution in [-0.2, 0) is 4.79 Å². The molecule has 1 fully saturated rings. The average Bonchev–Trinajstić information content (AvgIpc) is 2.96. The highest BCUT2D eigenvalue weighted by atomic mass is 32.2. The lowest BCUT2D eigenvalue weighted by atomic mass is 10.3. The molecule has 2 aromatic rings. The first-order valence-corrected chi connectivity index (χ1v) is 8.68. The topological polar surface area (TPSA) is 52.2 Å². The summed E-state index contributed by atoms with van der Waals surface area (Å²) in [5.41, 5.74) is 1.96. The van der Waals surface area contributed by atoms with Crippen LogP contribution in [0, 0.1) is 0 Å². The maximum absolute atomic E-state index is 12.6. The predicted octanol–water partition coefficient (Wildman–Crippen LogP) is 2.21. The Labute approximate surface area is 135 Å². The molecule has 0 saturated carbocycles. The van der Waals surface area contributed by atoms with Crippen molar-refractivity contribution in [2.75, 3.05) is 32.7 Å². The van der Waals surface area contributed by atoms with Crippen LogP contribution in [0.25, 0.3) is 11.0 Å². The monoisotopic (exact) mass is 318 g/mol. The molecule has 0 radical (unpaired) electrons. The van der Waals surface area contributed by atoms with Gasteiger partial charge in [0.1, 0.15) is 0 Å². The number of thioether (sulfide) groups is 1. The first-order chi connectivity index (χ1) is 10.7. The molecule has 1 N–H and O–H groups in total. The summed E-state index contributed by atoms with van der Waals surface area (Å²) in [5.74, 6) is 0.209. The van der Waals surface area contributed by atoms with Crippen LogP contribution in [0.4, 0.5) is 0 Å². The van der Waals surface area contributed by atoms with E-state index in [2.05, 4.69) is 21.8 Å². The number of piperazine rings is 1. The van der Waals surface area contributed by atoms with Crippen LogP contribution < -0.4 is 0 Å². The second-order valence-corrected chi connectivity index (χ2v) is 6.91. The Balaban J connectivity index is 1.61. The minimum atomic E-state index is -0.117. The summed E-state index contributed by atoms with van der Waals surface area (Å²) in [6.45, 7) is 8.80. The third-order valence-electron chi connectivity index (χ3n) is 4.14. The van der Waals surface area contributed by atoms with E-state index in [9.17, 15) is 4.79 Å². The van der Waals surface area contributed by atoms with Crippen LogP contribution in [0.1, 0.15) is 13.8 Å². The van der Waals surface area contributed by atoms with Crippen molar-refractivity contribution in [1.29, 1.82) is 0 Å². The number of aromatic nitrogens is 2. The fourth-order valence-corrected chi connectivity index (χ4v) is 3.65. The maximum Gasteiger partial charge on any atom is 0.235 e. The van der Waals surface area contributed by atoms with Gasteiger partial charge >= 0.3 is 0 Å². The molecular weight excluding hydrogens is 296 g/mol. The number of para-hydroxylation sites is 2. The van der Waals surface area contributed by atoms with Crippen LogP contribution in [0.2, 0.25) is 0 Å². The van der Waals surface area contributed by atoms with Crippen molar-refractivity contribution in [1.82, 2.24) is 19.8 Å². The zero-order chi connectivity index (χ0) is 15.5. The molecule has 1 amide bonds. The van der Waals surface area contributed by atoms with Crippen LogP contribution in [0.5, 0.6) is 0 Å². The molecular formula is C16H22N4OS. The zero-order valence-electron chi connectivity index (χ0n) is 13.1. The van der Waals surface area contributed by atoms with Gasteiger partial charge in [0.15, 0.2) is 5.16 Å². The number of likely N-dealkylation sites (N-methyl/N-ethyl adjacent to an activating group) is 1. The summed E-state index contributed by atoms with van der Waals surface area (Å²) >= 11 is 1.51. The SMILES string of the molecule is CCN1CCN(C(=O)[C@H](C)Sc2nc3ccccc3[nH]2)CC1. The predicted molar refractivity (Wildman–Crippen MR) is 90.1 cm³/mol. The molecule has 2 heterocycles. The van der Waals surface area contributed by atoms with Crippen LogP contribution >= 0.6 is 11.8 Å². The number of hydrogen-bond acceptors (Lipinski definition) is 4. The third kappa shape index (κ3) is 3.28. The van der Waals surface area contributed by atoms with E-state index in [0.29, 0.717) is 0 Å². The number of amides is 1. The molecule has 1 aromatic heterocycles. The van der Waals surface area contributed by atoms with Crippen molar-refractivity contribution in [3.63, 3.8) is 0 Å². The number of aromatic amines is 1. The standard InChI is InChI=1S/C16H22N4OS/c1-3-19-8-10-20(11-9-19)15(21)12(2)22-16-17-13-6-4-5-7-14(13)18-16/h4-7,12H,3,8-11H2,1-2H3,(H,17,18)/t12-/m0/s1. The van der Waals surface area contributed by atoms with Gasteiger partial charge < -0.3 is 14.8 Å². The summed E-state index contributed by atoms with van der Waals surface area (Å²) in [4.78, 5) is 24.7. The Hall–Kier alpha value is -1.53. The molecule has 1 saturated heterocycles. The molecule has 1 aliphatic heterocycles. The molecule has 5 nitrogen and oxygen atoms in total. The van der Waals surface area contributed by atoms with Crippen molar-refractivity contribution in [2.45, 2.75) is 24.3 Å². The summed E-state index contributed by atoms with van der Waals surface area (Å²) in [5, 5.41) is 0.697. The van der Waals surface area contributed by atoms with Crippen molar-refractivity contribution in [3.8, 4) is 0 Å². The van der Waals surface area contributed by atoms with Gasteiger partial charge in [-0.1, -0.05) is 30.8 Å². The van der Waals surface area contributed by atoms with E-state index >= 15 is 0 Å². The Morgan fingerprint density at radius 1 is 1.32 bits per heavy atom. The lowest BCUT2D eigenvalue weighted by molar-refractivity contribution is -0.132. The largest absolute Gasteiger partial charge is 0.339 e. The summed E-state index contributed by atoms with van der Waals surface area (Å²) in [6, 6.07) is 7.94. The second-order valence-electron chi connectivity index (χ2n) is 5.58. The minimum absolute atomic E-state index is 0.117. The van der Waals surface area contributed by atoms with Crippen molar-refractivity contribution < 1.29 is 4.79 Å². The molecule has 1 aromatic carbocycles. The van der Waals surface area contributed by atoms with Gasteiger partial charge in [0.25, 0.3) is 0 Å². The first kappa shape index (κ1) is 15.4. The number of carbonyl (C=O) groups excluding carboxylic acids is 1. The lowest BCUT2D eigenvalue weighted by Crippen LogP contribution is -2.50. The van der Waals surface area contributed by atoms with Crippen molar-refractivity contribution in [2.24, 2.45) is 0 Å². The quantitative estimate of drug-likeness (QED) is 0.878. The first-order valence-electron chi connectivity index (χ1n) is 7.80. The Bertz CT molecular complexity index is 615. The third-order valence-corrected chi connectivity index (χ3v) is 5.11. The van der Waals surface area contributed by atoms with Gasteiger partial charge in [-0.3, -0.25) is 4.79 Å². The van der Waals surface area contributed by atoms with E-state index in [1.807, 2.05) is 36.1 Å². The zero-order valence-corrected chi connectivity index (χ0v) is 13.9.